The minimum Gasteiger partial charge on any atom is -0.497 e. The molecule has 0 saturated carbocycles. The Morgan fingerprint density at radius 2 is 1.94 bits per heavy atom. The lowest BCUT2D eigenvalue weighted by atomic mass is 10.1. The van der Waals surface area contributed by atoms with E-state index in [4.69, 9.17) is 9.47 Å². The van der Waals surface area contributed by atoms with Crippen LogP contribution in [0, 0.1) is 0 Å². The number of fused-ring (bicyclic) bond motifs is 1. The predicted molar refractivity (Wildman–Crippen MR) is 63.5 cm³/mol. The molecule has 2 rings (SSSR count). The average Bonchev–Trinajstić information content (AvgIpc) is 2.38. The van der Waals surface area contributed by atoms with Crippen molar-refractivity contribution in [3.63, 3.8) is 0 Å². The van der Waals surface area contributed by atoms with E-state index in [1.165, 1.54) is 7.11 Å². The average molecular weight is 232 g/mol. The summed E-state index contributed by atoms with van der Waals surface area (Å²) in [5, 5.41) is 1.77. The number of benzene rings is 2. The fourth-order valence-electron chi connectivity index (χ4n) is 1.58. The van der Waals surface area contributed by atoms with Gasteiger partial charge in [0.1, 0.15) is 11.5 Å². The van der Waals surface area contributed by atoms with Gasteiger partial charge in [-0.05, 0) is 29.7 Å². The Bertz CT molecular complexity index is 548. The number of carbonyl (C=O) groups excluding carboxylic acids is 1. The van der Waals surface area contributed by atoms with Gasteiger partial charge in [0.15, 0.2) is 0 Å². The first-order valence-electron chi connectivity index (χ1n) is 5.07. The molecule has 17 heavy (non-hydrogen) atoms. The molecule has 0 heterocycles. The zero-order valence-corrected chi connectivity index (χ0v) is 9.60. The largest absolute Gasteiger partial charge is 0.513 e. The van der Waals surface area contributed by atoms with Crippen LogP contribution in [0.1, 0.15) is 0 Å². The van der Waals surface area contributed by atoms with E-state index < -0.39 is 6.16 Å². The first-order chi connectivity index (χ1) is 8.24. The van der Waals surface area contributed by atoms with E-state index in [1.54, 1.807) is 19.2 Å². The molecule has 0 bridgehead atoms. The summed E-state index contributed by atoms with van der Waals surface area (Å²) < 4.78 is 14.6. The minimum absolute atomic E-state index is 0.469. The summed E-state index contributed by atoms with van der Waals surface area (Å²) in [5.41, 5.74) is 0. The van der Waals surface area contributed by atoms with Crippen molar-refractivity contribution in [2.75, 3.05) is 14.2 Å². The van der Waals surface area contributed by atoms with Crippen LogP contribution in [0.5, 0.6) is 11.5 Å². The maximum atomic E-state index is 11.1. The van der Waals surface area contributed by atoms with Crippen molar-refractivity contribution in [1.82, 2.24) is 0 Å². The summed E-state index contributed by atoms with van der Waals surface area (Å²) in [6.45, 7) is 0. The predicted octanol–water partition coefficient (Wildman–Crippen LogP) is 2.99. The lowest BCUT2D eigenvalue weighted by molar-refractivity contribution is 0.122. The molecule has 0 aliphatic carbocycles. The first kappa shape index (κ1) is 11.3. The van der Waals surface area contributed by atoms with E-state index >= 15 is 0 Å². The van der Waals surface area contributed by atoms with Gasteiger partial charge in [0.2, 0.25) is 0 Å². The van der Waals surface area contributed by atoms with Gasteiger partial charge < -0.3 is 14.2 Å². The van der Waals surface area contributed by atoms with Crippen LogP contribution in [0.3, 0.4) is 0 Å². The number of carbonyl (C=O) groups is 1. The number of rotatable bonds is 2. The van der Waals surface area contributed by atoms with Gasteiger partial charge in [-0.15, -0.1) is 0 Å². The summed E-state index contributed by atoms with van der Waals surface area (Å²) in [6, 6.07) is 11.0. The van der Waals surface area contributed by atoms with Gasteiger partial charge in [-0.2, -0.15) is 0 Å². The number of hydrogen-bond acceptors (Lipinski definition) is 4. The molecule has 88 valence electrons. The summed E-state index contributed by atoms with van der Waals surface area (Å²) in [7, 11) is 2.88. The molecule has 2 aromatic carbocycles. The Morgan fingerprint density at radius 3 is 2.65 bits per heavy atom. The van der Waals surface area contributed by atoms with E-state index in [1.807, 2.05) is 24.3 Å². The monoisotopic (exact) mass is 232 g/mol. The number of hydrogen-bond donors (Lipinski definition) is 0. The Morgan fingerprint density at radius 1 is 1.12 bits per heavy atom. The highest BCUT2D eigenvalue weighted by Crippen LogP contribution is 2.28. The Hall–Kier alpha value is -2.23. The second-order valence-corrected chi connectivity index (χ2v) is 3.40. The van der Waals surface area contributed by atoms with Crippen LogP contribution in [0.15, 0.2) is 36.4 Å². The van der Waals surface area contributed by atoms with Gasteiger partial charge in [0.05, 0.1) is 14.2 Å². The van der Waals surface area contributed by atoms with Crippen molar-refractivity contribution >= 4 is 16.9 Å². The summed E-state index contributed by atoms with van der Waals surface area (Å²) in [4.78, 5) is 11.1. The lowest BCUT2D eigenvalue weighted by Crippen LogP contribution is -2.07. The molecule has 0 saturated heterocycles. The van der Waals surface area contributed by atoms with Crippen LogP contribution < -0.4 is 9.47 Å². The van der Waals surface area contributed by atoms with E-state index in [9.17, 15) is 4.79 Å². The SMILES string of the molecule is COC(=O)Oc1cccc2cc(OC)ccc12. The maximum Gasteiger partial charge on any atom is 0.513 e. The zero-order valence-electron chi connectivity index (χ0n) is 9.60. The van der Waals surface area contributed by atoms with Crippen molar-refractivity contribution in [3.8, 4) is 11.5 Å². The van der Waals surface area contributed by atoms with Crippen molar-refractivity contribution in [3.05, 3.63) is 36.4 Å². The smallest absolute Gasteiger partial charge is 0.497 e. The minimum atomic E-state index is -0.728. The highest BCUT2D eigenvalue weighted by molar-refractivity contribution is 5.90. The van der Waals surface area contributed by atoms with Crippen LogP contribution in [-0.2, 0) is 4.74 Å². The zero-order chi connectivity index (χ0) is 12.3. The topological polar surface area (TPSA) is 44.8 Å². The second kappa shape index (κ2) is 4.74. The third-order valence-electron chi connectivity index (χ3n) is 2.41. The van der Waals surface area contributed by atoms with E-state index in [2.05, 4.69) is 4.74 Å². The molecule has 0 amide bonds. The van der Waals surface area contributed by atoms with E-state index in [0.29, 0.717) is 5.75 Å². The molecule has 0 aliphatic rings. The summed E-state index contributed by atoms with van der Waals surface area (Å²) >= 11 is 0. The third-order valence-corrected chi connectivity index (χ3v) is 2.41. The molecule has 0 atom stereocenters. The van der Waals surface area contributed by atoms with Gasteiger partial charge in [0, 0.05) is 5.39 Å². The highest BCUT2D eigenvalue weighted by Gasteiger charge is 2.08. The summed E-state index contributed by atoms with van der Waals surface area (Å²) in [6.07, 6.45) is -0.728. The van der Waals surface area contributed by atoms with Crippen LogP contribution in [-0.4, -0.2) is 20.4 Å². The molecule has 0 N–H and O–H groups in total. The molecular weight excluding hydrogens is 220 g/mol. The molecule has 4 heteroatoms. The molecule has 0 unspecified atom stereocenters. The van der Waals surface area contributed by atoms with Gasteiger partial charge in [-0.25, -0.2) is 4.79 Å². The molecule has 2 aromatic rings. The second-order valence-electron chi connectivity index (χ2n) is 3.40. The number of ether oxygens (including phenoxy) is 3. The van der Waals surface area contributed by atoms with Crippen LogP contribution in [0.2, 0.25) is 0 Å². The Labute approximate surface area is 98.7 Å². The first-order valence-corrected chi connectivity index (χ1v) is 5.07. The van der Waals surface area contributed by atoms with Gasteiger partial charge in [-0.1, -0.05) is 12.1 Å². The lowest BCUT2D eigenvalue weighted by Gasteiger charge is -2.07. The van der Waals surface area contributed by atoms with Crippen molar-refractivity contribution in [2.45, 2.75) is 0 Å². The van der Waals surface area contributed by atoms with Gasteiger partial charge in [0.25, 0.3) is 0 Å². The van der Waals surface area contributed by atoms with E-state index in [0.717, 1.165) is 16.5 Å². The quantitative estimate of drug-likeness (QED) is 0.589. The molecule has 0 spiro atoms. The molecule has 4 nitrogen and oxygen atoms in total. The molecule has 0 fully saturated rings. The standard InChI is InChI=1S/C13H12O4/c1-15-10-6-7-11-9(8-10)4-3-5-12(11)17-13(14)16-2/h3-8H,1-2H3. The molecule has 0 aliphatic heterocycles. The molecule has 0 radical (unpaired) electrons. The van der Waals surface area contributed by atoms with Crippen molar-refractivity contribution in [2.24, 2.45) is 0 Å². The summed E-state index contributed by atoms with van der Waals surface area (Å²) in [5.74, 6) is 1.23. The van der Waals surface area contributed by atoms with Crippen LogP contribution in [0.4, 0.5) is 4.79 Å². The third kappa shape index (κ3) is 2.30. The fourth-order valence-corrected chi connectivity index (χ4v) is 1.58. The van der Waals surface area contributed by atoms with Gasteiger partial charge in [-0.3, -0.25) is 0 Å². The fraction of sp³-hybridized carbons (Fsp3) is 0.154. The van der Waals surface area contributed by atoms with Gasteiger partial charge >= 0.3 is 6.16 Å². The Balaban J connectivity index is 2.46. The van der Waals surface area contributed by atoms with Crippen molar-refractivity contribution in [1.29, 1.82) is 0 Å². The Kier molecular flexibility index (Phi) is 3.14. The van der Waals surface area contributed by atoms with Crippen molar-refractivity contribution < 1.29 is 19.0 Å². The normalized spacial score (nSPS) is 10.0. The maximum absolute atomic E-state index is 11.1. The molecule has 0 aromatic heterocycles. The van der Waals surface area contributed by atoms with E-state index in [-0.39, 0.29) is 0 Å². The van der Waals surface area contributed by atoms with Crippen LogP contribution in [0.25, 0.3) is 10.8 Å². The van der Waals surface area contributed by atoms with Crippen LogP contribution >= 0.6 is 0 Å². The number of methoxy groups -OCH3 is 2. The molecular formula is C13H12O4. The highest BCUT2D eigenvalue weighted by atomic mass is 16.7.